The van der Waals surface area contributed by atoms with Crippen molar-refractivity contribution >= 4 is 24.2 Å². The molecule has 116 valence electrons. The van der Waals surface area contributed by atoms with Gasteiger partial charge in [0.15, 0.2) is 0 Å². The first-order valence-corrected chi connectivity index (χ1v) is 6.99. The van der Waals surface area contributed by atoms with Gasteiger partial charge in [0.1, 0.15) is 6.04 Å². The Morgan fingerprint density at radius 2 is 2.30 bits per heavy atom. The average molecular weight is 306 g/mol. The molecule has 2 fully saturated rings. The summed E-state index contributed by atoms with van der Waals surface area (Å²) in [4.78, 5) is 25.8. The number of nitrogens with one attached hydrogen (secondary N) is 2. The summed E-state index contributed by atoms with van der Waals surface area (Å²) in [7, 11) is 0. The highest BCUT2D eigenvalue weighted by molar-refractivity contribution is 5.89. The van der Waals surface area contributed by atoms with Crippen molar-refractivity contribution in [1.82, 2.24) is 15.5 Å². The molecule has 6 nitrogen and oxygen atoms in total. The van der Waals surface area contributed by atoms with Gasteiger partial charge in [0.2, 0.25) is 11.8 Å². The molecule has 0 bridgehead atoms. The number of carbonyl (C=O) groups excluding carboxylic acids is 2. The van der Waals surface area contributed by atoms with Gasteiger partial charge >= 0.3 is 0 Å². The number of amides is 2. The van der Waals surface area contributed by atoms with Crippen LogP contribution in [0.4, 0.5) is 0 Å². The van der Waals surface area contributed by atoms with Gasteiger partial charge in [-0.2, -0.15) is 0 Å². The number of morpholine rings is 1. The van der Waals surface area contributed by atoms with Crippen LogP contribution in [0, 0.1) is 0 Å². The lowest BCUT2D eigenvalue weighted by Crippen LogP contribution is -2.47. The Morgan fingerprint density at radius 3 is 2.85 bits per heavy atom. The molecule has 0 aromatic carbocycles. The van der Waals surface area contributed by atoms with Gasteiger partial charge in [0.25, 0.3) is 0 Å². The minimum Gasteiger partial charge on any atom is -0.378 e. The molecule has 20 heavy (non-hydrogen) atoms. The van der Waals surface area contributed by atoms with Crippen LogP contribution in [-0.4, -0.2) is 61.1 Å². The molecule has 2 heterocycles. The van der Waals surface area contributed by atoms with Gasteiger partial charge in [-0.05, 0) is 20.3 Å². The van der Waals surface area contributed by atoms with Crippen molar-refractivity contribution in [1.29, 1.82) is 0 Å². The van der Waals surface area contributed by atoms with Crippen molar-refractivity contribution in [3.8, 4) is 0 Å². The highest BCUT2D eigenvalue weighted by atomic mass is 35.5. The minimum atomic E-state index is -0.348. The SMILES string of the molecule is CC(C)N1CCC(NC(=O)CC2COCCN2)C1=O.Cl. The van der Waals surface area contributed by atoms with E-state index in [1.165, 1.54) is 0 Å². The normalized spacial score (nSPS) is 26.6. The summed E-state index contributed by atoms with van der Waals surface area (Å²) in [5, 5.41) is 6.07. The third-order valence-corrected chi connectivity index (χ3v) is 3.63. The molecule has 2 atom stereocenters. The van der Waals surface area contributed by atoms with E-state index in [4.69, 9.17) is 4.74 Å². The fourth-order valence-electron chi connectivity index (χ4n) is 2.58. The summed E-state index contributed by atoms with van der Waals surface area (Å²) in [6.45, 7) is 6.75. The van der Waals surface area contributed by atoms with E-state index >= 15 is 0 Å². The number of carbonyl (C=O) groups is 2. The molecule has 0 aromatic heterocycles. The zero-order valence-electron chi connectivity index (χ0n) is 12.1. The van der Waals surface area contributed by atoms with Crippen LogP contribution in [0.15, 0.2) is 0 Å². The first-order chi connectivity index (χ1) is 9.08. The van der Waals surface area contributed by atoms with Crippen molar-refractivity contribution in [2.45, 2.75) is 44.8 Å². The van der Waals surface area contributed by atoms with Gasteiger partial charge in [0.05, 0.1) is 13.2 Å². The summed E-state index contributed by atoms with van der Waals surface area (Å²) >= 11 is 0. The van der Waals surface area contributed by atoms with Gasteiger partial charge in [-0.25, -0.2) is 0 Å². The third kappa shape index (κ3) is 4.33. The van der Waals surface area contributed by atoms with Crippen molar-refractivity contribution in [2.24, 2.45) is 0 Å². The Kier molecular flexibility index (Phi) is 6.71. The first kappa shape index (κ1) is 17.2. The van der Waals surface area contributed by atoms with Crippen LogP contribution in [0.25, 0.3) is 0 Å². The van der Waals surface area contributed by atoms with Crippen molar-refractivity contribution < 1.29 is 14.3 Å². The summed E-state index contributed by atoms with van der Waals surface area (Å²) in [5.41, 5.74) is 0. The molecule has 0 radical (unpaired) electrons. The summed E-state index contributed by atoms with van der Waals surface area (Å²) < 4.78 is 5.30. The topological polar surface area (TPSA) is 70.7 Å². The molecule has 0 saturated carbocycles. The second kappa shape index (κ2) is 7.81. The predicted molar refractivity (Wildman–Crippen MR) is 77.9 cm³/mol. The van der Waals surface area contributed by atoms with Gasteiger partial charge in [-0.1, -0.05) is 0 Å². The summed E-state index contributed by atoms with van der Waals surface area (Å²) in [5.74, 6) is -0.0387. The van der Waals surface area contributed by atoms with Gasteiger partial charge in [-0.3, -0.25) is 9.59 Å². The smallest absolute Gasteiger partial charge is 0.245 e. The first-order valence-electron chi connectivity index (χ1n) is 6.99. The highest BCUT2D eigenvalue weighted by Gasteiger charge is 2.34. The molecule has 0 aliphatic carbocycles. The van der Waals surface area contributed by atoms with E-state index in [1.54, 1.807) is 0 Å². The maximum Gasteiger partial charge on any atom is 0.245 e. The highest BCUT2D eigenvalue weighted by Crippen LogP contribution is 2.14. The van der Waals surface area contributed by atoms with Crippen molar-refractivity contribution in [2.75, 3.05) is 26.3 Å². The second-order valence-electron chi connectivity index (χ2n) is 5.46. The number of hydrogen-bond acceptors (Lipinski definition) is 4. The lowest BCUT2D eigenvalue weighted by atomic mass is 10.1. The second-order valence-corrected chi connectivity index (χ2v) is 5.46. The molecule has 2 saturated heterocycles. The fraction of sp³-hybridized carbons (Fsp3) is 0.846. The Bertz CT molecular complexity index is 346. The van der Waals surface area contributed by atoms with Crippen LogP contribution in [0.3, 0.4) is 0 Å². The van der Waals surface area contributed by atoms with Crippen LogP contribution in [0.5, 0.6) is 0 Å². The van der Waals surface area contributed by atoms with Gasteiger partial charge in [-0.15, -0.1) is 12.4 Å². The molecule has 2 unspecified atom stereocenters. The molecule has 0 aromatic rings. The van der Waals surface area contributed by atoms with Crippen LogP contribution in [0.1, 0.15) is 26.7 Å². The molecular formula is C13H24ClN3O3. The monoisotopic (exact) mass is 305 g/mol. The van der Waals surface area contributed by atoms with Crippen LogP contribution >= 0.6 is 12.4 Å². The molecule has 2 aliphatic rings. The van der Waals surface area contributed by atoms with Gasteiger partial charge < -0.3 is 20.3 Å². The Balaban J connectivity index is 0.00000200. The fourth-order valence-corrected chi connectivity index (χ4v) is 2.58. The largest absolute Gasteiger partial charge is 0.378 e. The molecule has 2 aliphatic heterocycles. The van der Waals surface area contributed by atoms with Crippen molar-refractivity contribution in [3.05, 3.63) is 0 Å². The number of ether oxygens (including phenoxy) is 1. The lowest BCUT2D eigenvalue weighted by molar-refractivity contribution is -0.134. The Labute approximate surface area is 126 Å². The number of halogens is 1. The third-order valence-electron chi connectivity index (χ3n) is 3.63. The van der Waals surface area contributed by atoms with E-state index in [9.17, 15) is 9.59 Å². The zero-order chi connectivity index (χ0) is 13.8. The minimum absolute atomic E-state index is 0. The van der Waals surface area contributed by atoms with E-state index in [0.717, 1.165) is 13.1 Å². The summed E-state index contributed by atoms with van der Waals surface area (Å²) in [6.07, 6.45) is 1.07. The van der Waals surface area contributed by atoms with Crippen LogP contribution in [-0.2, 0) is 14.3 Å². The lowest BCUT2D eigenvalue weighted by Gasteiger charge is -2.24. The standard InChI is InChI=1S/C13H23N3O3.ClH/c1-9(2)16-5-3-11(13(16)18)15-12(17)7-10-8-19-6-4-14-10;/h9-11,14H,3-8H2,1-2H3,(H,15,17);1H. The van der Waals surface area contributed by atoms with E-state index in [-0.39, 0.29) is 42.3 Å². The number of nitrogens with zero attached hydrogens (tertiary/aromatic N) is 1. The number of likely N-dealkylation sites (tertiary alicyclic amines) is 1. The zero-order valence-corrected chi connectivity index (χ0v) is 12.9. The molecule has 2 rings (SSSR count). The maximum atomic E-state index is 12.0. The van der Waals surface area contributed by atoms with E-state index < -0.39 is 0 Å². The van der Waals surface area contributed by atoms with Gasteiger partial charge in [0, 0.05) is 31.6 Å². The molecule has 0 spiro atoms. The maximum absolute atomic E-state index is 12.0. The average Bonchev–Trinajstić information content (AvgIpc) is 2.72. The molecule has 7 heteroatoms. The van der Waals surface area contributed by atoms with Crippen LogP contribution in [0.2, 0.25) is 0 Å². The van der Waals surface area contributed by atoms with E-state index in [0.29, 0.717) is 26.1 Å². The molecule has 2 N–H and O–H groups in total. The Hall–Kier alpha value is -0.850. The molecular weight excluding hydrogens is 282 g/mol. The van der Waals surface area contributed by atoms with E-state index in [2.05, 4.69) is 10.6 Å². The number of hydrogen-bond donors (Lipinski definition) is 2. The number of rotatable bonds is 4. The molecule has 2 amide bonds. The summed E-state index contributed by atoms with van der Waals surface area (Å²) in [6, 6.07) is -0.0892. The van der Waals surface area contributed by atoms with Crippen molar-refractivity contribution in [3.63, 3.8) is 0 Å². The van der Waals surface area contributed by atoms with Crippen LogP contribution < -0.4 is 10.6 Å². The quantitative estimate of drug-likeness (QED) is 0.762. The Morgan fingerprint density at radius 1 is 1.55 bits per heavy atom. The van der Waals surface area contributed by atoms with E-state index in [1.807, 2.05) is 18.7 Å². The predicted octanol–water partition coefficient (Wildman–Crippen LogP) is -0.0878.